The van der Waals surface area contributed by atoms with Gasteiger partial charge in [-0.1, -0.05) is 13.8 Å². The second kappa shape index (κ2) is 5.58. The molecule has 0 fully saturated rings. The van der Waals surface area contributed by atoms with E-state index in [-0.39, 0.29) is 11.5 Å². The number of rotatable bonds is 4. The molecule has 2 aromatic rings. The molecule has 0 aliphatic heterocycles. The molecule has 0 aromatic carbocycles. The molecule has 8 heteroatoms. The van der Waals surface area contributed by atoms with Crippen LogP contribution in [0, 0.1) is 5.92 Å². The first kappa shape index (κ1) is 14.4. The molecule has 2 aromatic heterocycles. The Labute approximate surface area is 123 Å². The van der Waals surface area contributed by atoms with Gasteiger partial charge in [0.15, 0.2) is 5.65 Å². The third-order valence-corrected chi connectivity index (χ3v) is 3.20. The van der Waals surface area contributed by atoms with Gasteiger partial charge in [-0.05, 0) is 21.8 Å². The van der Waals surface area contributed by atoms with E-state index < -0.39 is 17.9 Å². The van der Waals surface area contributed by atoms with E-state index in [4.69, 9.17) is 5.11 Å². The molecule has 0 spiro atoms. The predicted molar refractivity (Wildman–Crippen MR) is 74.4 cm³/mol. The van der Waals surface area contributed by atoms with E-state index in [9.17, 15) is 9.59 Å². The zero-order valence-corrected chi connectivity index (χ0v) is 12.5. The summed E-state index contributed by atoms with van der Waals surface area (Å²) in [5.74, 6) is -1.79. The van der Waals surface area contributed by atoms with Gasteiger partial charge in [0, 0.05) is 12.4 Å². The maximum Gasteiger partial charge on any atom is 0.326 e. The average Bonchev–Trinajstić information content (AvgIpc) is 2.77. The number of carbonyl (C=O) groups excluding carboxylic acids is 1. The molecule has 0 saturated heterocycles. The van der Waals surface area contributed by atoms with Crippen LogP contribution in [0.2, 0.25) is 0 Å². The zero-order chi connectivity index (χ0) is 14.9. The van der Waals surface area contributed by atoms with Crippen LogP contribution < -0.4 is 5.32 Å². The van der Waals surface area contributed by atoms with Crippen LogP contribution in [-0.2, 0) is 4.79 Å². The van der Waals surface area contributed by atoms with Crippen molar-refractivity contribution >= 4 is 33.5 Å². The molecule has 0 bridgehead atoms. The van der Waals surface area contributed by atoms with Crippen LogP contribution in [0.15, 0.2) is 23.1 Å². The van der Waals surface area contributed by atoms with Gasteiger partial charge in [0.25, 0.3) is 5.91 Å². The van der Waals surface area contributed by atoms with Gasteiger partial charge in [-0.25, -0.2) is 14.3 Å². The Bertz CT molecular complexity index is 668. The number of nitrogens with zero attached hydrogens (tertiary/aromatic N) is 3. The van der Waals surface area contributed by atoms with Crippen LogP contribution in [0.4, 0.5) is 0 Å². The quantitative estimate of drug-likeness (QED) is 0.875. The number of aliphatic carboxylic acids is 1. The number of hydrogen-bond acceptors (Lipinski definition) is 4. The first-order valence-electron chi connectivity index (χ1n) is 5.92. The number of carbonyl (C=O) groups is 2. The van der Waals surface area contributed by atoms with E-state index in [1.807, 2.05) is 0 Å². The maximum atomic E-state index is 12.1. The van der Waals surface area contributed by atoms with Crippen LogP contribution in [0.5, 0.6) is 0 Å². The van der Waals surface area contributed by atoms with Crippen molar-refractivity contribution < 1.29 is 14.7 Å². The van der Waals surface area contributed by atoms with Crippen molar-refractivity contribution in [1.82, 2.24) is 19.9 Å². The minimum Gasteiger partial charge on any atom is -0.480 e. The fraction of sp³-hybridized carbons (Fsp3) is 0.333. The van der Waals surface area contributed by atoms with Gasteiger partial charge < -0.3 is 10.4 Å². The summed E-state index contributed by atoms with van der Waals surface area (Å²) in [7, 11) is 0. The summed E-state index contributed by atoms with van der Waals surface area (Å²) in [6.45, 7) is 3.45. The monoisotopic (exact) mass is 340 g/mol. The fourth-order valence-corrected chi connectivity index (χ4v) is 2.04. The zero-order valence-electron chi connectivity index (χ0n) is 10.9. The first-order chi connectivity index (χ1) is 9.40. The van der Waals surface area contributed by atoms with Crippen LogP contribution in [0.3, 0.4) is 0 Å². The van der Waals surface area contributed by atoms with Crippen molar-refractivity contribution in [3.63, 3.8) is 0 Å². The number of carboxylic acid groups (broad SMARTS) is 1. The normalized spacial score (nSPS) is 12.6. The number of hydrogen-bond donors (Lipinski definition) is 2. The van der Waals surface area contributed by atoms with E-state index in [1.54, 1.807) is 26.2 Å². The van der Waals surface area contributed by atoms with E-state index in [0.717, 1.165) is 4.47 Å². The van der Waals surface area contributed by atoms with Crippen molar-refractivity contribution in [3.8, 4) is 0 Å². The molecule has 1 amide bonds. The number of carboxylic acids is 1. The fourth-order valence-electron chi connectivity index (χ4n) is 1.74. The molecule has 106 valence electrons. The number of fused-ring (bicyclic) bond motifs is 1. The van der Waals surface area contributed by atoms with Crippen molar-refractivity contribution in [2.75, 3.05) is 0 Å². The van der Waals surface area contributed by atoms with Gasteiger partial charge in [-0.3, -0.25) is 4.79 Å². The van der Waals surface area contributed by atoms with E-state index in [2.05, 4.69) is 31.3 Å². The molecule has 0 radical (unpaired) electrons. The summed E-state index contributed by atoms with van der Waals surface area (Å²) in [5.41, 5.74) is 0.614. The minimum absolute atomic E-state index is 0.222. The topological polar surface area (TPSA) is 96.6 Å². The summed E-state index contributed by atoms with van der Waals surface area (Å²) >= 11 is 3.26. The second-order valence-electron chi connectivity index (χ2n) is 4.63. The minimum atomic E-state index is -1.07. The summed E-state index contributed by atoms with van der Waals surface area (Å²) in [4.78, 5) is 27.3. The van der Waals surface area contributed by atoms with Gasteiger partial charge in [0.1, 0.15) is 11.6 Å². The lowest BCUT2D eigenvalue weighted by atomic mass is 10.0. The standard InChI is InChI=1S/C12H13BrN4O3/c1-6(2)9(12(19)20)16-11(18)8-4-15-17-5-7(13)3-14-10(8)17/h3-6,9H,1-2H3,(H,16,18)(H,19,20)/t9-/m1/s1. The van der Waals surface area contributed by atoms with Crippen LogP contribution in [0.25, 0.3) is 5.65 Å². The molecule has 2 N–H and O–H groups in total. The Morgan fingerprint density at radius 1 is 1.40 bits per heavy atom. The van der Waals surface area contributed by atoms with Crippen molar-refractivity contribution in [2.45, 2.75) is 19.9 Å². The molecule has 2 rings (SSSR count). The largest absolute Gasteiger partial charge is 0.480 e. The van der Waals surface area contributed by atoms with Crippen LogP contribution in [0.1, 0.15) is 24.2 Å². The van der Waals surface area contributed by atoms with Gasteiger partial charge in [0.05, 0.1) is 10.7 Å². The summed E-state index contributed by atoms with van der Waals surface area (Å²) < 4.78 is 2.18. The highest BCUT2D eigenvalue weighted by atomic mass is 79.9. The molecule has 7 nitrogen and oxygen atoms in total. The van der Waals surface area contributed by atoms with Gasteiger partial charge >= 0.3 is 5.97 Å². The Kier molecular flexibility index (Phi) is 4.03. The summed E-state index contributed by atoms with van der Waals surface area (Å²) in [6, 6.07) is -0.951. The predicted octanol–water partition coefficient (Wildman–Crippen LogP) is 1.33. The number of aromatic nitrogens is 3. The number of halogens is 1. The smallest absolute Gasteiger partial charge is 0.326 e. The summed E-state index contributed by atoms with van der Waals surface area (Å²) in [6.07, 6.45) is 4.57. The molecule has 1 atom stereocenters. The molecule has 0 saturated carbocycles. The van der Waals surface area contributed by atoms with Crippen molar-refractivity contribution in [3.05, 3.63) is 28.6 Å². The van der Waals surface area contributed by atoms with Crippen LogP contribution in [-0.4, -0.2) is 37.6 Å². The Hall–Kier alpha value is -1.96. The lowest BCUT2D eigenvalue weighted by Gasteiger charge is -2.17. The highest BCUT2D eigenvalue weighted by molar-refractivity contribution is 9.10. The molecule has 0 aliphatic carbocycles. The van der Waals surface area contributed by atoms with E-state index in [0.29, 0.717) is 5.65 Å². The molecular weight excluding hydrogens is 328 g/mol. The SMILES string of the molecule is CC(C)[C@@H](NC(=O)c1cnn2cc(Br)cnc12)C(=O)O. The number of amides is 1. The highest BCUT2D eigenvalue weighted by Crippen LogP contribution is 2.13. The lowest BCUT2D eigenvalue weighted by Crippen LogP contribution is -2.44. The first-order valence-corrected chi connectivity index (χ1v) is 6.72. The second-order valence-corrected chi connectivity index (χ2v) is 5.55. The molecule has 0 unspecified atom stereocenters. The third-order valence-electron chi connectivity index (χ3n) is 2.79. The summed E-state index contributed by atoms with van der Waals surface area (Å²) in [5, 5.41) is 15.6. The lowest BCUT2D eigenvalue weighted by molar-refractivity contribution is -0.140. The maximum absolute atomic E-state index is 12.1. The van der Waals surface area contributed by atoms with E-state index in [1.165, 1.54) is 10.7 Å². The van der Waals surface area contributed by atoms with Gasteiger partial charge in [-0.2, -0.15) is 5.10 Å². The molecule has 20 heavy (non-hydrogen) atoms. The highest BCUT2D eigenvalue weighted by Gasteiger charge is 2.25. The average molecular weight is 341 g/mol. The number of nitrogens with one attached hydrogen (secondary N) is 1. The van der Waals surface area contributed by atoms with E-state index >= 15 is 0 Å². The van der Waals surface area contributed by atoms with Gasteiger partial charge in [0.2, 0.25) is 0 Å². The molecule has 2 heterocycles. The Morgan fingerprint density at radius 3 is 2.70 bits per heavy atom. The van der Waals surface area contributed by atoms with Gasteiger partial charge in [-0.15, -0.1) is 0 Å². The van der Waals surface area contributed by atoms with Crippen LogP contribution >= 0.6 is 15.9 Å². The Balaban J connectivity index is 2.30. The third kappa shape index (κ3) is 2.79. The molecule has 0 aliphatic rings. The molecular formula is C12H13BrN4O3. The van der Waals surface area contributed by atoms with Crippen molar-refractivity contribution in [2.24, 2.45) is 5.92 Å². The van der Waals surface area contributed by atoms with Crippen molar-refractivity contribution in [1.29, 1.82) is 0 Å². The Morgan fingerprint density at radius 2 is 2.10 bits per heavy atom.